The van der Waals surface area contributed by atoms with Crippen LogP contribution < -0.4 is 5.73 Å². The third-order valence-corrected chi connectivity index (χ3v) is 9.04. The zero-order chi connectivity index (χ0) is 30.0. The number of hydrogen-bond acceptors (Lipinski definition) is 11. The maximum Gasteiger partial charge on any atom is 0.309 e. The fourth-order valence-electron chi connectivity index (χ4n) is 7.10. The highest BCUT2D eigenvalue weighted by molar-refractivity contribution is 6.24. The topological polar surface area (TPSA) is 208 Å². The maximum atomic E-state index is 14.1. The number of Topliss-reactive ketones (excluding diaryl/α,β-unsaturated/α-hetero) is 2. The summed E-state index contributed by atoms with van der Waals surface area (Å²) >= 11 is 0. The molecule has 1 amide bonds. The zero-order valence-electron chi connectivity index (χ0n) is 22.7. The maximum absolute atomic E-state index is 14.1. The first-order valence-electron chi connectivity index (χ1n) is 13.7. The van der Waals surface area contributed by atoms with Gasteiger partial charge in [0.05, 0.1) is 41.0 Å². The quantitative estimate of drug-likeness (QED) is 0.171. The minimum absolute atomic E-state index is 0.0335. The number of phenolic OH excluding ortho intramolecular Hbond substituents is 1. The second kappa shape index (κ2) is 10.3. The summed E-state index contributed by atoms with van der Waals surface area (Å²) < 4.78 is 6.03. The van der Waals surface area contributed by atoms with Gasteiger partial charge in [-0.25, -0.2) is 0 Å². The molecule has 6 unspecified atom stereocenters. The molecule has 1 aromatic rings. The van der Waals surface area contributed by atoms with Crippen molar-refractivity contribution in [3.63, 3.8) is 0 Å². The van der Waals surface area contributed by atoms with E-state index in [4.69, 9.17) is 10.5 Å². The number of likely N-dealkylation sites (N-methyl/N-ethyl adjacent to an activating group) is 1. The van der Waals surface area contributed by atoms with Crippen LogP contribution in [-0.4, -0.2) is 85.7 Å². The van der Waals surface area contributed by atoms with Crippen molar-refractivity contribution >= 4 is 29.2 Å². The molecule has 2 fully saturated rings. The number of ketones is 2. The number of ether oxygens (including phenoxy) is 1. The van der Waals surface area contributed by atoms with E-state index >= 15 is 0 Å². The van der Waals surface area contributed by atoms with Gasteiger partial charge in [0.1, 0.15) is 28.9 Å². The molecule has 220 valence electrons. The highest BCUT2D eigenvalue weighted by Crippen LogP contribution is 2.56. The fraction of sp³-hybridized carbons (Fsp3) is 0.517. The lowest BCUT2D eigenvalue weighted by Crippen LogP contribution is -2.71. The van der Waals surface area contributed by atoms with Crippen molar-refractivity contribution in [1.29, 1.82) is 0 Å². The van der Waals surface area contributed by atoms with Crippen molar-refractivity contribution in [3.8, 4) is 5.75 Å². The Balaban J connectivity index is 1.78. The van der Waals surface area contributed by atoms with E-state index in [1.54, 1.807) is 0 Å². The number of amides is 1. The smallest absolute Gasteiger partial charge is 0.309 e. The van der Waals surface area contributed by atoms with Crippen molar-refractivity contribution in [2.75, 3.05) is 14.1 Å². The zero-order valence-corrected chi connectivity index (χ0v) is 22.7. The molecule has 4 aliphatic carbocycles. The number of fused-ring (bicyclic) bond motifs is 3. The number of benzene rings is 1. The van der Waals surface area contributed by atoms with E-state index in [9.17, 15) is 44.7 Å². The first-order chi connectivity index (χ1) is 19.3. The van der Waals surface area contributed by atoms with Crippen molar-refractivity contribution in [2.24, 2.45) is 23.5 Å². The number of primary amides is 1. The van der Waals surface area contributed by atoms with Crippen molar-refractivity contribution in [3.05, 3.63) is 46.2 Å². The normalized spacial score (nSPS) is 32.3. The van der Waals surface area contributed by atoms with E-state index in [0.717, 1.165) is 25.7 Å². The van der Waals surface area contributed by atoms with Crippen LogP contribution in [0.25, 0.3) is 5.76 Å². The van der Waals surface area contributed by atoms with Gasteiger partial charge in [0, 0.05) is 0 Å². The second-order valence-electron chi connectivity index (χ2n) is 11.5. The van der Waals surface area contributed by atoms with Gasteiger partial charge in [0.25, 0.3) is 5.91 Å². The van der Waals surface area contributed by atoms with E-state index in [2.05, 4.69) is 0 Å². The summed E-state index contributed by atoms with van der Waals surface area (Å²) in [6.07, 6.45) is 1.25. The summed E-state index contributed by atoms with van der Waals surface area (Å²) in [6.45, 7) is 0. The van der Waals surface area contributed by atoms with Crippen LogP contribution in [0.4, 0.5) is 0 Å². The number of esters is 1. The van der Waals surface area contributed by atoms with E-state index in [1.807, 2.05) is 0 Å². The van der Waals surface area contributed by atoms with Gasteiger partial charge in [0.2, 0.25) is 5.78 Å². The van der Waals surface area contributed by atoms with Gasteiger partial charge in [0.15, 0.2) is 11.4 Å². The molecule has 0 aromatic heterocycles. The molecule has 7 N–H and O–H groups in total. The molecule has 0 saturated heterocycles. The summed E-state index contributed by atoms with van der Waals surface area (Å²) in [6, 6.07) is 2.56. The van der Waals surface area contributed by atoms with E-state index in [-0.39, 0.29) is 11.1 Å². The molecular formula is C29H34N2O10. The van der Waals surface area contributed by atoms with Crippen LogP contribution in [-0.2, 0) is 23.9 Å². The predicted octanol–water partition coefficient (Wildman–Crippen LogP) is 0.947. The molecule has 4 aliphatic rings. The number of aliphatic hydroxyl groups excluding tert-OH is 3. The first-order valence-corrected chi connectivity index (χ1v) is 13.7. The van der Waals surface area contributed by atoms with Crippen molar-refractivity contribution in [2.45, 2.75) is 62.4 Å². The number of carbonyl (C=O) groups excluding carboxylic acids is 4. The molecule has 0 spiro atoms. The molecule has 0 heterocycles. The van der Waals surface area contributed by atoms with Crippen LogP contribution >= 0.6 is 0 Å². The largest absolute Gasteiger partial charge is 0.508 e. The van der Waals surface area contributed by atoms with Gasteiger partial charge in [-0.1, -0.05) is 37.8 Å². The Morgan fingerprint density at radius 1 is 1.05 bits per heavy atom. The molecule has 12 nitrogen and oxygen atoms in total. The molecule has 0 radical (unpaired) electrons. The summed E-state index contributed by atoms with van der Waals surface area (Å²) in [4.78, 5) is 54.9. The van der Waals surface area contributed by atoms with Gasteiger partial charge in [-0.15, -0.1) is 0 Å². The number of rotatable bonds is 4. The summed E-state index contributed by atoms with van der Waals surface area (Å²) in [5, 5.41) is 56.7. The number of nitrogens with zero attached hydrogens (tertiary/aromatic N) is 1. The predicted molar refractivity (Wildman–Crippen MR) is 142 cm³/mol. The number of aliphatic hydroxyl groups is 4. The number of hydrogen-bond donors (Lipinski definition) is 6. The van der Waals surface area contributed by atoms with Crippen LogP contribution in [0.15, 0.2) is 35.1 Å². The second-order valence-corrected chi connectivity index (χ2v) is 11.5. The van der Waals surface area contributed by atoms with Gasteiger partial charge >= 0.3 is 5.97 Å². The van der Waals surface area contributed by atoms with E-state index in [0.29, 0.717) is 12.8 Å². The minimum Gasteiger partial charge on any atom is -0.508 e. The minimum atomic E-state index is -3.05. The highest BCUT2D eigenvalue weighted by Gasteiger charge is 2.70. The Morgan fingerprint density at radius 3 is 2.27 bits per heavy atom. The highest BCUT2D eigenvalue weighted by atomic mass is 16.5. The molecule has 0 aliphatic heterocycles. The molecule has 12 heteroatoms. The van der Waals surface area contributed by atoms with Crippen LogP contribution in [0, 0.1) is 17.8 Å². The Kier molecular flexibility index (Phi) is 7.21. The van der Waals surface area contributed by atoms with Crippen molar-refractivity contribution in [1.82, 2.24) is 4.90 Å². The summed E-state index contributed by atoms with van der Waals surface area (Å²) in [5.41, 5.74) is 0.481. The summed E-state index contributed by atoms with van der Waals surface area (Å²) in [5.74, 6) is -10.7. The van der Waals surface area contributed by atoms with Crippen LogP contribution in [0.2, 0.25) is 0 Å². The fourth-order valence-corrected chi connectivity index (χ4v) is 7.10. The SMILES string of the molecule is CN(C)C1C(=O)C(C(N)=O)=C(O)C2(O)C(=O)C3=C(O)c4c(O)cccc4C(O)C3C(OC(=O)C3CCCCCC3)C12. The Morgan fingerprint density at radius 2 is 1.68 bits per heavy atom. The molecule has 2 saturated carbocycles. The Labute approximate surface area is 235 Å². The number of aromatic hydroxyl groups is 1. The van der Waals surface area contributed by atoms with E-state index in [1.165, 1.54) is 37.2 Å². The van der Waals surface area contributed by atoms with E-state index < -0.39 is 93.5 Å². The summed E-state index contributed by atoms with van der Waals surface area (Å²) in [7, 11) is 2.87. The van der Waals surface area contributed by atoms with Gasteiger partial charge in [-0.3, -0.25) is 24.1 Å². The van der Waals surface area contributed by atoms with Crippen LogP contribution in [0.5, 0.6) is 5.75 Å². The Hall–Kier alpha value is -3.74. The molecule has 6 atom stereocenters. The molecule has 41 heavy (non-hydrogen) atoms. The standard InChI is InChI=1S/C29H34N2O10/c1-31(2)20-19-24(41-28(39)12-8-5-3-4-6-9-12)16-17(22(34)15-13(21(16)33)10-7-11-14(15)32)25(36)29(19,40)26(37)18(23(20)35)27(30)38/h7,10-12,16,19-21,24,32-34,37,40H,3-6,8-9H2,1-2H3,(H2,30,38). The van der Waals surface area contributed by atoms with Crippen molar-refractivity contribution < 1.29 is 49.4 Å². The molecular weight excluding hydrogens is 536 g/mol. The third-order valence-electron chi connectivity index (χ3n) is 9.04. The monoisotopic (exact) mass is 570 g/mol. The number of nitrogens with two attached hydrogens (primary N) is 1. The Bertz CT molecular complexity index is 1390. The van der Waals surface area contributed by atoms with Crippen LogP contribution in [0.1, 0.15) is 55.8 Å². The lowest BCUT2D eigenvalue weighted by Gasteiger charge is -2.54. The average Bonchev–Trinajstić information content (AvgIpc) is 3.20. The van der Waals surface area contributed by atoms with Gasteiger partial charge in [-0.2, -0.15) is 0 Å². The third kappa shape index (κ3) is 4.15. The van der Waals surface area contributed by atoms with Crippen LogP contribution in [0.3, 0.4) is 0 Å². The number of carbonyl (C=O) groups is 4. The first kappa shape index (κ1) is 28.8. The average molecular weight is 571 g/mol. The lowest BCUT2D eigenvalue weighted by molar-refractivity contribution is -0.192. The molecule has 0 bridgehead atoms. The van der Waals surface area contributed by atoms with Gasteiger partial charge in [-0.05, 0) is 38.6 Å². The molecule has 1 aromatic carbocycles. The molecule has 5 rings (SSSR count). The van der Waals surface area contributed by atoms with Gasteiger partial charge < -0.3 is 36.0 Å². The lowest BCUT2D eigenvalue weighted by atomic mass is 9.55. The number of phenols is 1.